The third kappa shape index (κ3) is 5.73. The number of sulfonamides is 1. The fourth-order valence-corrected chi connectivity index (χ4v) is 3.53. The van der Waals surface area contributed by atoms with Gasteiger partial charge in [0.25, 0.3) is 0 Å². The van der Waals surface area contributed by atoms with E-state index in [0.29, 0.717) is 19.0 Å². The molecule has 0 saturated carbocycles. The third-order valence-corrected chi connectivity index (χ3v) is 6.11. The number of benzene rings is 2. The van der Waals surface area contributed by atoms with E-state index in [1.807, 2.05) is 18.2 Å². The van der Waals surface area contributed by atoms with Crippen LogP contribution in [-0.4, -0.2) is 46.6 Å². The Bertz CT molecular complexity index is 963. The predicted molar refractivity (Wildman–Crippen MR) is 122 cm³/mol. The van der Waals surface area contributed by atoms with Crippen molar-refractivity contribution in [1.82, 2.24) is 14.9 Å². The average Bonchev–Trinajstić information content (AvgIpc) is 3.16. The van der Waals surface area contributed by atoms with Gasteiger partial charge >= 0.3 is 0 Å². The van der Waals surface area contributed by atoms with E-state index < -0.39 is 10.0 Å². The molecule has 0 bridgehead atoms. The number of guanidine groups is 1. The van der Waals surface area contributed by atoms with E-state index >= 15 is 0 Å². The van der Waals surface area contributed by atoms with E-state index in [0.717, 1.165) is 22.6 Å². The zero-order valence-corrected chi connectivity index (χ0v) is 19.7. The molecule has 158 valence electrons. The van der Waals surface area contributed by atoms with Crippen molar-refractivity contribution < 1.29 is 17.9 Å². The molecule has 3 rings (SSSR count). The summed E-state index contributed by atoms with van der Waals surface area (Å²) in [5, 5.41) is 6.45. The zero-order chi connectivity index (χ0) is 20.1. The molecule has 8 nitrogen and oxygen atoms in total. The van der Waals surface area contributed by atoms with Gasteiger partial charge < -0.3 is 20.1 Å². The van der Waals surface area contributed by atoms with Gasteiger partial charge in [0.1, 0.15) is 0 Å². The van der Waals surface area contributed by atoms with Crippen molar-refractivity contribution in [3.8, 4) is 11.5 Å². The SMILES string of the molecule is CN=C(NCc1ccc(S(=O)(=O)N(C)C)cc1)NCc1ccc2c(c1)OCO2.I. The summed E-state index contributed by atoms with van der Waals surface area (Å²) in [7, 11) is 1.31. The van der Waals surface area contributed by atoms with Gasteiger partial charge in [-0.3, -0.25) is 4.99 Å². The number of ether oxygens (including phenoxy) is 2. The number of fused-ring (bicyclic) bond motifs is 1. The van der Waals surface area contributed by atoms with E-state index in [1.165, 1.54) is 18.4 Å². The first kappa shape index (κ1) is 23.2. The van der Waals surface area contributed by atoms with Crippen LogP contribution in [0.3, 0.4) is 0 Å². The van der Waals surface area contributed by atoms with E-state index in [9.17, 15) is 8.42 Å². The summed E-state index contributed by atoms with van der Waals surface area (Å²) in [6, 6.07) is 12.6. The average molecular weight is 532 g/mol. The predicted octanol–water partition coefficient (Wildman–Crippen LogP) is 2.15. The number of nitrogens with zero attached hydrogens (tertiary/aromatic N) is 2. The maximum absolute atomic E-state index is 12.1. The lowest BCUT2D eigenvalue weighted by atomic mass is 10.2. The van der Waals surface area contributed by atoms with Crippen molar-refractivity contribution in [3.63, 3.8) is 0 Å². The largest absolute Gasteiger partial charge is 0.454 e. The zero-order valence-electron chi connectivity index (χ0n) is 16.5. The molecule has 0 spiro atoms. The molecule has 2 aromatic rings. The molecule has 1 aliphatic rings. The smallest absolute Gasteiger partial charge is 0.242 e. The van der Waals surface area contributed by atoms with E-state index in [4.69, 9.17) is 9.47 Å². The minimum Gasteiger partial charge on any atom is -0.454 e. The van der Waals surface area contributed by atoms with Crippen LogP contribution in [-0.2, 0) is 23.1 Å². The summed E-state index contributed by atoms with van der Waals surface area (Å²) in [6.45, 7) is 1.35. The van der Waals surface area contributed by atoms with Crippen LogP contribution in [0.4, 0.5) is 0 Å². The van der Waals surface area contributed by atoms with Gasteiger partial charge in [0.2, 0.25) is 16.8 Å². The highest BCUT2D eigenvalue weighted by atomic mass is 127. The van der Waals surface area contributed by atoms with Crippen molar-refractivity contribution in [3.05, 3.63) is 53.6 Å². The van der Waals surface area contributed by atoms with Gasteiger partial charge in [-0.15, -0.1) is 24.0 Å². The molecule has 0 saturated heterocycles. The fraction of sp³-hybridized carbons (Fsp3) is 0.316. The Morgan fingerprint density at radius 2 is 1.59 bits per heavy atom. The highest BCUT2D eigenvalue weighted by molar-refractivity contribution is 14.0. The van der Waals surface area contributed by atoms with Gasteiger partial charge in [-0.1, -0.05) is 18.2 Å². The third-order valence-electron chi connectivity index (χ3n) is 4.28. The second kappa shape index (κ2) is 10.1. The molecule has 0 amide bonds. The molecule has 0 fully saturated rings. The molecule has 2 aromatic carbocycles. The summed E-state index contributed by atoms with van der Waals surface area (Å²) in [5.41, 5.74) is 1.99. The van der Waals surface area contributed by atoms with Crippen LogP contribution in [0.5, 0.6) is 11.5 Å². The normalized spacial score (nSPS) is 13.2. The highest BCUT2D eigenvalue weighted by Crippen LogP contribution is 2.32. The summed E-state index contributed by atoms with van der Waals surface area (Å²) >= 11 is 0. The minimum atomic E-state index is -3.42. The molecule has 29 heavy (non-hydrogen) atoms. The lowest BCUT2D eigenvalue weighted by Crippen LogP contribution is -2.36. The Morgan fingerprint density at radius 3 is 2.21 bits per heavy atom. The Kier molecular flexibility index (Phi) is 8.11. The number of hydrogen-bond acceptors (Lipinski definition) is 5. The molecule has 0 aromatic heterocycles. The number of rotatable bonds is 6. The second-order valence-corrected chi connectivity index (χ2v) is 8.55. The van der Waals surface area contributed by atoms with Gasteiger partial charge in [-0.2, -0.15) is 0 Å². The monoisotopic (exact) mass is 532 g/mol. The summed E-state index contributed by atoms with van der Waals surface area (Å²) in [4.78, 5) is 4.48. The van der Waals surface area contributed by atoms with Gasteiger partial charge in [-0.05, 0) is 35.4 Å². The second-order valence-electron chi connectivity index (χ2n) is 6.40. The lowest BCUT2D eigenvalue weighted by Gasteiger charge is -2.14. The van der Waals surface area contributed by atoms with Gasteiger partial charge in [0.15, 0.2) is 17.5 Å². The van der Waals surface area contributed by atoms with Crippen LogP contribution < -0.4 is 20.1 Å². The summed E-state index contributed by atoms with van der Waals surface area (Å²) in [6.07, 6.45) is 0. The fourth-order valence-electron chi connectivity index (χ4n) is 2.63. The number of hydrogen-bond donors (Lipinski definition) is 2. The molecule has 1 aliphatic heterocycles. The van der Waals surface area contributed by atoms with E-state index in [2.05, 4.69) is 15.6 Å². The molecule has 0 radical (unpaired) electrons. The molecular weight excluding hydrogens is 507 g/mol. The maximum Gasteiger partial charge on any atom is 0.242 e. The van der Waals surface area contributed by atoms with Crippen molar-refractivity contribution in [1.29, 1.82) is 0 Å². The first-order chi connectivity index (χ1) is 13.4. The molecule has 0 unspecified atom stereocenters. The van der Waals surface area contributed by atoms with Gasteiger partial charge in [0, 0.05) is 34.2 Å². The molecule has 0 aliphatic carbocycles. The van der Waals surface area contributed by atoms with E-state index in [1.54, 1.807) is 31.3 Å². The van der Waals surface area contributed by atoms with Crippen LogP contribution in [0.25, 0.3) is 0 Å². The first-order valence-corrected chi connectivity index (χ1v) is 10.2. The molecular formula is C19H25IN4O4S. The number of nitrogens with one attached hydrogen (secondary N) is 2. The Hall–Kier alpha value is -2.05. The topological polar surface area (TPSA) is 92.3 Å². The molecule has 10 heteroatoms. The number of halogens is 1. The molecule has 2 N–H and O–H groups in total. The van der Waals surface area contributed by atoms with Crippen molar-refractivity contribution >= 4 is 40.0 Å². The van der Waals surface area contributed by atoms with Crippen molar-refractivity contribution in [2.75, 3.05) is 27.9 Å². The molecule has 1 heterocycles. The van der Waals surface area contributed by atoms with Crippen LogP contribution in [0.2, 0.25) is 0 Å². The lowest BCUT2D eigenvalue weighted by molar-refractivity contribution is 0.174. The first-order valence-electron chi connectivity index (χ1n) is 8.74. The summed E-state index contributed by atoms with van der Waals surface area (Å²) < 4.78 is 36.1. The standard InChI is InChI=1S/C19H24N4O4S.HI/c1-20-19(22-12-15-6-9-17-18(10-15)27-13-26-17)21-11-14-4-7-16(8-5-14)28(24,25)23(2)3;/h4-10H,11-13H2,1-3H3,(H2,20,21,22);1H. The Balaban J connectivity index is 0.00000300. The highest BCUT2D eigenvalue weighted by Gasteiger charge is 2.16. The van der Waals surface area contributed by atoms with Crippen LogP contribution in [0.15, 0.2) is 52.4 Å². The van der Waals surface area contributed by atoms with Crippen LogP contribution in [0, 0.1) is 0 Å². The minimum absolute atomic E-state index is 0. The summed E-state index contributed by atoms with van der Waals surface area (Å²) in [5.74, 6) is 2.14. The van der Waals surface area contributed by atoms with Gasteiger partial charge in [-0.25, -0.2) is 12.7 Å². The van der Waals surface area contributed by atoms with Gasteiger partial charge in [0.05, 0.1) is 4.90 Å². The van der Waals surface area contributed by atoms with Crippen LogP contribution in [0.1, 0.15) is 11.1 Å². The van der Waals surface area contributed by atoms with Crippen molar-refractivity contribution in [2.24, 2.45) is 4.99 Å². The molecule has 0 atom stereocenters. The Morgan fingerprint density at radius 1 is 1.00 bits per heavy atom. The van der Waals surface area contributed by atoms with E-state index in [-0.39, 0.29) is 35.7 Å². The van der Waals surface area contributed by atoms with Crippen LogP contribution >= 0.6 is 24.0 Å². The maximum atomic E-state index is 12.1. The van der Waals surface area contributed by atoms with Crippen molar-refractivity contribution in [2.45, 2.75) is 18.0 Å². The quantitative estimate of drug-likeness (QED) is 0.337. The Labute approximate surface area is 188 Å². The number of aliphatic imine (C=N–C) groups is 1.